The molecule has 120 valence electrons. The quantitative estimate of drug-likeness (QED) is 0.916. The highest BCUT2D eigenvalue weighted by Gasteiger charge is 2.20. The summed E-state index contributed by atoms with van der Waals surface area (Å²) in [7, 11) is 1.64. The van der Waals surface area contributed by atoms with Gasteiger partial charge < -0.3 is 19.6 Å². The Morgan fingerprint density at radius 1 is 1.13 bits per heavy atom. The number of carboxylic acid groups (broad SMARTS) is 1. The molecule has 23 heavy (non-hydrogen) atoms. The van der Waals surface area contributed by atoms with Crippen molar-refractivity contribution in [3.8, 4) is 5.75 Å². The number of ether oxygens (including phenoxy) is 1. The van der Waals surface area contributed by atoms with Crippen molar-refractivity contribution in [3.63, 3.8) is 0 Å². The highest BCUT2D eigenvalue weighted by molar-refractivity contribution is 5.85. The minimum atomic E-state index is -1.01. The third-order valence-electron chi connectivity index (χ3n) is 3.83. The lowest BCUT2D eigenvalue weighted by Crippen LogP contribution is -2.47. The summed E-state index contributed by atoms with van der Waals surface area (Å²) in [5.74, 6) is 1.36. The number of nitrogens with zero attached hydrogens (tertiary/aromatic N) is 4. The second-order valence-electron chi connectivity index (χ2n) is 5.21. The van der Waals surface area contributed by atoms with Crippen LogP contribution in [0.25, 0.3) is 0 Å². The van der Waals surface area contributed by atoms with E-state index in [1.807, 2.05) is 18.2 Å². The Kier molecular flexibility index (Phi) is 4.27. The molecule has 0 bridgehead atoms. The summed E-state index contributed by atoms with van der Waals surface area (Å²) in [6.07, 6.45) is 1.73. The van der Waals surface area contributed by atoms with Crippen LogP contribution in [-0.4, -0.2) is 54.3 Å². The SMILES string of the molecule is COc1ccnc(N2CCN(c3cccc(C(=O)O)n3)CC2)c1. The summed E-state index contributed by atoms with van der Waals surface area (Å²) in [5.41, 5.74) is 0.0689. The van der Waals surface area contributed by atoms with Crippen molar-refractivity contribution in [1.82, 2.24) is 9.97 Å². The molecule has 3 heterocycles. The molecule has 2 aromatic rings. The average molecular weight is 314 g/mol. The van der Waals surface area contributed by atoms with Crippen molar-refractivity contribution in [2.75, 3.05) is 43.1 Å². The van der Waals surface area contributed by atoms with Gasteiger partial charge in [0.15, 0.2) is 5.69 Å². The van der Waals surface area contributed by atoms with Crippen molar-refractivity contribution in [2.24, 2.45) is 0 Å². The van der Waals surface area contributed by atoms with Crippen LogP contribution in [0, 0.1) is 0 Å². The summed E-state index contributed by atoms with van der Waals surface area (Å²) in [6.45, 7) is 3.10. The van der Waals surface area contributed by atoms with Gasteiger partial charge in [0, 0.05) is 38.4 Å². The van der Waals surface area contributed by atoms with Crippen LogP contribution >= 0.6 is 0 Å². The Labute approximate surface area is 134 Å². The fourth-order valence-electron chi connectivity index (χ4n) is 2.58. The zero-order chi connectivity index (χ0) is 16.2. The van der Waals surface area contributed by atoms with Crippen molar-refractivity contribution in [2.45, 2.75) is 0 Å². The molecule has 0 atom stereocenters. The number of hydrogen-bond acceptors (Lipinski definition) is 6. The van der Waals surface area contributed by atoms with Crippen molar-refractivity contribution < 1.29 is 14.6 Å². The molecule has 0 unspecified atom stereocenters. The van der Waals surface area contributed by atoms with Crippen LogP contribution in [0.15, 0.2) is 36.5 Å². The Bertz CT molecular complexity index is 699. The fraction of sp³-hybridized carbons (Fsp3) is 0.312. The molecule has 0 saturated carbocycles. The summed E-state index contributed by atoms with van der Waals surface area (Å²) in [4.78, 5) is 23.9. The molecule has 1 aliphatic heterocycles. The molecule has 1 fully saturated rings. The lowest BCUT2D eigenvalue weighted by molar-refractivity contribution is 0.0690. The first kappa shape index (κ1) is 15.1. The van der Waals surface area contributed by atoms with Gasteiger partial charge in [-0.3, -0.25) is 0 Å². The summed E-state index contributed by atoms with van der Waals surface area (Å²) in [5, 5.41) is 9.04. The predicted octanol–water partition coefficient (Wildman–Crippen LogP) is 1.51. The van der Waals surface area contributed by atoms with Gasteiger partial charge in [0.05, 0.1) is 7.11 Å². The molecule has 1 saturated heterocycles. The molecule has 7 heteroatoms. The van der Waals surface area contributed by atoms with Gasteiger partial charge in [0.25, 0.3) is 0 Å². The van der Waals surface area contributed by atoms with E-state index < -0.39 is 5.97 Å². The Hall–Kier alpha value is -2.83. The summed E-state index contributed by atoms with van der Waals surface area (Å²) >= 11 is 0. The molecular formula is C16H18N4O3. The van der Waals surface area contributed by atoms with Gasteiger partial charge >= 0.3 is 5.97 Å². The number of rotatable bonds is 4. The molecule has 0 radical (unpaired) electrons. The molecule has 2 aromatic heterocycles. The van der Waals surface area contributed by atoms with Gasteiger partial charge in [0.2, 0.25) is 0 Å². The van der Waals surface area contributed by atoms with Crippen LogP contribution in [0.3, 0.4) is 0 Å². The van der Waals surface area contributed by atoms with E-state index in [9.17, 15) is 4.79 Å². The van der Waals surface area contributed by atoms with E-state index in [1.165, 1.54) is 6.07 Å². The molecule has 3 rings (SSSR count). The highest BCUT2D eigenvalue weighted by Crippen LogP contribution is 2.21. The number of carboxylic acids is 1. The van der Waals surface area contributed by atoms with E-state index in [2.05, 4.69) is 19.8 Å². The number of hydrogen-bond donors (Lipinski definition) is 1. The first-order valence-electron chi connectivity index (χ1n) is 7.37. The number of aromatic nitrogens is 2. The highest BCUT2D eigenvalue weighted by atomic mass is 16.5. The maximum absolute atomic E-state index is 11.0. The molecule has 1 aliphatic rings. The zero-order valence-electron chi connectivity index (χ0n) is 12.8. The predicted molar refractivity (Wildman–Crippen MR) is 86.4 cm³/mol. The van der Waals surface area contributed by atoms with Crippen molar-refractivity contribution in [1.29, 1.82) is 0 Å². The lowest BCUT2D eigenvalue weighted by atomic mass is 10.2. The number of carbonyl (C=O) groups is 1. The van der Waals surface area contributed by atoms with E-state index in [1.54, 1.807) is 19.4 Å². The van der Waals surface area contributed by atoms with Crippen molar-refractivity contribution >= 4 is 17.6 Å². The van der Waals surface area contributed by atoms with E-state index in [0.29, 0.717) is 5.82 Å². The van der Waals surface area contributed by atoms with Crippen LogP contribution in [0.5, 0.6) is 5.75 Å². The monoisotopic (exact) mass is 314 g/mol. The van der Waals surface area contributed by atoms with Gasteiger partial charge in [-0.25, -0.2) is 14.8 Å². The zero-order valence-corrected chi connectivity index (χ0v) is 12.8. The maximum atomic E-state index is 11.0. The number of methoxy groups -OCH3 is 1. The molecule has 0 aromatic carbocycles. The minimum absolute atomic E-state index is 0.0689. The van der Waals surface area contributed by atoms with Crippen LogP contribution in [0.4, 0.5) is 11.6 Å². The second kappa shape index (κ2) is 6.51. The lowest BCUT2D eigenvalue weighted by Gasteiger charge is -2.36. The maximum Gasteiger partial charge on any atom is 0.354 e. The first-order chi connectivity index (χ1) is 11.2. The summed E-state index contributed by atoms with van der Waals surface area (Å²) in [6, 6.07) is 8.80. The van der Waals surface area contributed by atoms with Gasteiger partial charge in [-0.05, 0) is 18.2 Å². The molecular weight excluding hydrogens is 296 g/mol. The van der Waals surface area contributed by atoms with E-state index in [4.69, 9.17) is 9.84 Å². The second-order valence-corrected chi connectivity index (χ2v) is 5.21. The number of anilines is 2. The molecule has 7 nitrogen and oxygen atoms in total. The largest absolute Gasteiger partial charge is 0.497 e. The Morgan fingerprint density at radius 3 is 2.48 bits per heavy atom. The van der Waals surface area contributed by atoms with Crippen LogP contribution in [0.2, 0.25) is 0 Å². The third-order valence-corrected chi connectivity index (χ3v) is 3.83. The average Bonchev–Trinajstić information content (AvgIpc) is 2.62. The molecule has 0 spiro atoms. The van der Waals surface area contributed by atoms with Gasteiger partial charge in [-0.1, -0.05) is 6.07 Å². The van der Waals surface area contributed by atoms with E-state index >= 15 is 0 Å². The minimum Gasteiger partial charge on any atom is -0.497 e. The Morgan fingerprint density at radius 2 is 1.83 bits per heavy atom. The van der Waals surface area contributed by atoms with E-state index in [0.717, 1.165) is 37.7 Å². The van der Waals surface area contributed by atoms with Gasteiger partial charge in [-0.2, -0.15) is 0 Å². The molecule has 0 amide bonds. The molecule has 1 N–H and O–H groups in total. The standard InChI is InChI=1S/C16H18N4O3/c1-23-12-5-6-17-15(11-12)20-9-7-19(8-10-20)14-4-2-3-13(18-14)16(21)22/h2-6,11H,7-10H2,1H3,(H,21,22). The number of aromatic carboxylic acids is 1. The summed E-state index contributed by atoms with van der Waals surface area (Å²) < 4.78 is 5.23. The van der Waals surface area contributed by atoms with Crippen LogP contribution in [0.1, 0.15) is 10.5 Å². The van der Waals surface area contributed by atoms with Crippen LogP contribution < -0.4 is 14.5 Å². The normalized spacial score (nSPS) is 14.7. The van der Waals surface area contributed by atoms with Crippen LogP contribution in [-0.2, 0) is 0 Å². The van der Waals surface area contributed by atoms with Gasteiger partial charge in [0.1, 0.15) is 17.4 Å². The number of piperazine rings is 1. The topological polar surface area (TPSA) is 78.8 Å². The number of pyridine rings is 2. The Balaban J connectivity index is 1.68. The fourth-order valence-corrected chi connectivity index (χ4v) is 2.58. The first-order valence-corrected chi connectivity index (χ1v) is 7.37. The van der Waals surface area contributed by atoms with Crippen molar-refractivity contribution in [3.05, 3.63) is 42.2 Å². The smallest absolute Gasteiger partial charge is 0.354 e. The third kappa shape index (κ3) is 3.33. The van der Waals surface area contributed by atoms with Gasteiger partial charge in [-0.15, -0.1) is 0 Å². The molecule has 0 aliphatic carbocycles. The van der Waals surface area contributed by atoms with E-state index in [-0.39, 0.29) is 5.69 Å².